The maximum atomic E-state index is 5.45. The first kappa shape index (κ1) is 12.5. The third kappa shape index (κ3) is 2.33. The van der Waals surface area contributed by atoms with Crippen LogP contribution in [0.2, 0.25) is 0 Å². The molecule has 0 fully saturated rings. The molecule has 0 amide bonds. The highest BCUT2D eigenvalue weighted by Crippen LogP contribution is 2.23. The summed E-state index contributed by atoms with van der Waals surface area (Å²) in [5.41, 5.74) is 5.37. The topological polar surface area (TPSA) is 81.7 Å². The average molecular weight is 246 g/mol. The molecule has 0 spiro atoms. The second-order valence-electron chi connectivity index (χ2n) is 4.60. The zero-order valence-electron chi connectivity index (χ0n) is 11.1. The van der Waals surface area contributed by atoms with Crippen molar-refractivity contribution in [2.75, 3.05) is 5.43 Å². The van der Waals surface area contributed by atoms with Crippen molar-refractivity contribution in [2.24, 2.45) is 12.9 Å². The lowest BCUT2D eigenvalue weighted by Crippen LogP contribution is -2.11. The van der Waals surface area contributed by atoms with Crippen LogP contribution in [-0.4, -0.2) is 19.7 Å². The minimum absolute atomic E-state index is 0.316. The number of anilines is 1. The predicted octanol–water partition coefficient (Wildman–Crippen LogP) is 1.59. The highest BCUT2D eigenvalue weighted by Gasteiger charge is 2.13. The van der Waals surface area contributed by atoms with Crippen molar-refractivity contribution in [3.8, 4) is 11.4 Å². The van der Waals surface area contributed by atoms with Gasteiger partial charge in [0.25, 0.3) is 0 Å². The Bertz CT molecular complexity index is 558. The zero-order valence-corrected chi connectivity index (χ0v) is 11.1. The number of nitrogens with zero attached hydrogens (tertiary/aromatic N) is 4. The number of rotatable bonds is 3. The van der Waals surface area contributed by atoms with Crippen molar-refractivity contribution < 1.29 is 0 Å². The molecule has 2 aromatic rings. The lowest BCUT2D eigenvalue weighted by Gasteiger charge is -2.09. The van der Waals surface area contributed by atoms with Crippen LogP contribution in [0.1, 0.15) is 31.2 Å². The Morgan fingerprint density at radius 1 is 1.33 bits per heavy atom. The molecule has 2 aromatic heterocycles. The second kappa shape index (κ2) is 4.73. The molecule has 96 valence electrons. The molecule has 0 radical (unpaired) electrons. The Labute approximate surface area is 106 Å². The summed E-state index contributed by atoms with van der Waals surface area (Å²) < 4.78 is 1.76. The molecule has 0 saturated carbocycles. The minimum atomic E-state index is 0.316. The van der Waals surface area contributed by atoms with Crippen molar-refractivity contribution in [3.05, 3.63) is 23.7 Å². The van der Waals surface area contributed by atoms with Gasteiger partial charge in [0.2, 0.25) is 0 Å². The summed E-state index contributed by atoms with van der Waals surface area (Å²) in [5, 5.41) is 4.30. The number of nitrogens with two attached hydrogens (primary N) is 1. The van der Waals surface area contributed by atoms with Crippen LogP contribution < -0.4 is 11.3 Å². The monoisotopic (exact) mass is 246 g/mol. The van der Waals surface area contributed by atoms with E-state index in [9.17, 15) is 0 Å². The molecule has 0 atom stereocenters. The molecule has 0 aliphatic rings. The summed E-state index contributed by atoms with van der Waals surface area (Å²) in [6.45, 7) is 6.11. The number of hydrogen-bond acceptors (Lipinski definition) is 5. The Kier molecular flexibility index (Phi) is 3.29. The van der Waals surface area contributed by atoms with E-state index >= 15 is 0 Å². The maximum absolute atomic E-state index is 5.45. The number of aryl methyl sites for hydroxylation is 2. The Balaban J connectivity index is 2.56. The van der Waals surface area contributed by atoms with E-state index in [1.165, 1.54) is 0 Å². The Morgan fingerprint density at radius 2 is 2.06 bits per heavy atom. The summed E-state index contributed by atoms with van der Waals surface area (Å²) >= 11 is 0. The van der Waals surface area contributed by atoms with Gasteiger partial charge in [-0.25, -0.2) is 15.8 Å². The van der Waals surface area contributed by atoms with Gasteiger partial charge >= 0.3 is 0 Å². The van der Waals surface area contributed by atoms with E-state index in [-0.39, 0.29) is 0 Å². The van der Waals surface area contributed by atoms with E-state index < -0.39 is 0 Å². The molecule has 0 saturated heterocycles. The smallest absolute Gasteiger partial charge is 0.165 e. The molecule has 2 rings (SSSR count). The molecule has 0 aromatic carbocycles. The van der Waals surface area contributed by atoms with Gasteiger partial charge in [-0.3, -0.25) is 4.68 Å². The van der Waals surface area contributed by atoms with Crippen molar-refractivity contribution in [1.29, 1.82) is 0 Å². The van der Waals surface area contributed by atoms with Gasteiger partial charge in [-0.2, -0.15) is 5.10 Å². The first-order valence-corrected chi connectivity index (χ1v) is 5.87. The number of hydrogen-bond donors (Lipinski definition) is 2. The normalized spacial score (nSPS) is 11.0. The molecule has 2 heterocycles. The standard InChI is InChI=1S/C12H18N6/c1-7(2)10-5-11(16-13)15-12(14-10)9-6-18(4)17-8(9)3/h5-7H,13H2,1-4H3,(H,14,15,16). The largest absolute Gasteiger partial charge is 0.308 e. The Hall–Kier alpha value is -1.95. The van der Waals surface area contributed by atoms with E-state index in [0.29, 0.717) is 17.6 Å². The third-order valence-electron chi connectivity index (χ3n) is 2.74. The lowest BCUT2D eigenvalue weighted by molar-refractivity contribution is 0.756. The van der Waals surface area contributed by atoms with E-state index in [0.717, 1.165) is 17.0 Å². The summed E-state index contributed by atoms with van der Waals surface area (Å²) in [4.78, 5) is 8.94. The van der Waals surface area contributed by atoms with Gasteiger partial charge in [0.15, 0.2) is 5.82 Å². The van der Waals surface area contributed by atoms with Gasteiger partial charge in [0.1, 0.15) is 5.82 Å². The van der Waals surface area contributed by atoms with Crippen molar-refractivity contribution in [1.82, 2.24) is 19.7 Å². The van der Waals surface area contributed by atoms with E-state index in [2.05, 4.69) is 34.3 Å². The summed E-state index contributed by atoms with van der Waals surface area (Å²) in [6.07, 6.45) is 1.91. The second-order valence-corrected chi connectivity index (χ2v) is 4.60. The minimum Gasteiger partial charge on any atom is -0.308 e. The van der Waals surface area contributed by atoms with Crippen LogP contribution in [0.15, 0.2) is 12.3 Å². The van der Waals surface area contributed by atoms with E-state index in [4.69, 9.17) is 5.84 Å². The number of nitrogens with one attached hydrogen (secondary N) is 1. The molecular formula is C12H18N6. The van der Waals surface area contributed by atoms with Crippen molar-refractivity contribution in [2.45, 2.75) is 26.7 Å². The predicted molar refractivity (Wildman–Crippen MR) is 70.9 cm³/mol. The fraction of sp³-hybridized carbons (Fsp3) is 0.417. The maximum Gasteiger partial charge on any atom is 0.165 e. The first-order chi connectivity index (χ1) is 8.51. The van der Waals surface area contributed by atoms with Crippen LogP contribution >= 0.6 is 0 Å². The van der Waals surface area contributed by atoms with Crippen LogP contribution in [-0.2, 0) is 7.05 Å². The van der Waals surface area contributed by atoms with Crippen molar-refractivity contribution in [3.63, 3.8) is 0 Å². The highest BCUT2D eigenvalue weighted by atomic mass is 15.3. The van der Waals surface area contributed by atoms with Gasteiger partial charge in [0.05, 0.1) is 11.3 Å². The van der Waals surface area contributed by atoms with Crippen LogP contribution in [0.25, 0.3) is 11.4 Å². The van der Waals surface area contributed by atoms with Crippen molar-refractivity contribution >= 4 is 5.82 Å². The fourth-order valence-corrected chi connectivity index (χ4v) is 1.78. The highest BCUT2D eigenvalue weighted by molar-refractivity contribution is 5.59. The molecule has 0 aliphatic carbocycles. The molecule has 0 aliphatic heterocycles. The summed E-state index contributed by atoms with van der Waals surface area (Å²) in [6, 6.07) is 1.86. The summed E-state index contributed by atoms with van der Waals surface area (Å²) in [7, 11) is 1.88. The molecule has 6 heteroatoms. The molecule has 0 bridgehead atoms. The number of nitrogen functional groups attached to an aromatic ring is 1. The third-order valence-corrected chi connectivity index (χ3v) is 2.74. The van der Waals surface area contributed by atoms with Gasteiger partial charge in [0, 0.05) is 25.0 Å². The average Bonchev–Trinajstić information content (AvgIpc) is 2.67. The van der Waals surface area contributed by atoms with Crippen LogP contribution in [0.3, 0.4) is 0 Å². The molecule has 0 unspecified atom stereocenters. The fourth-order valence-electron chi connectivity index (χ4n) is 1.78. The van der Waals surface area contributed by atoms with Crippen LogP contribution in [0.5, 0.6) is 0 Å². The number of aromatic nitrogens is 4. The van der Waals surface area contributed by atoms with E-state index in [1.54, 1.807) is 4.68 Å². The van der Waals surface area contributed by atoms with Gasteiger partial charge in [-0.1, -0.05) is 13.8 Å². The zero-order chi connectivity index (χ0) is 13.3. The summed E-state index contributed by atoms with van der Waals surface area (Å²) in [5.74, 6) is 7.03. The van der Waals surface area contributed by atoms with Crippen LogP contribution in [0.4, 0.5) is 5.82 Å². The quantitative estimate of drug-likeness (QED) is 0.635. The van der Waals surface area contributed by atoms with Gasteiger partial charge in [-0.05, 0) is 12.8 Å². The molecule has 18 heavy (non-hydrogen) atoms. The molecule has 6 nitrogen and oxygen atoms in total. The first-order valence-electron chi connectivity index (χ1n) is 5.87. The molecule has 3 N–H and O–H groups in total. The van der Waals surface area contributed by atoms with E-state index in [1.807, 2.05) is 26.2 Å². The Morgan fingerprint density at radius 3 is 2.56 bits per heavy atom. The van der Waals surface area contributed by atoms with Crippen LogP contribution in [0, 0.1) is 6.92 Å². The molecular weight excluding hydrogens is 228 g/mol. The SMILES string of the molecule is Cc1nn(C)cc1-c1nc(NN)cc(C(C)C)n1. The van der Waals surface area contributed by atoms with Gasteiger partial charge in [-0.15, -0.1) is 0 Å². The lowest BCUT2D eigenvalue weighted by atomic mass is 10.1. The number of hydrazine groups is 1. The van der Waals surface area contributed by atoms with Gasteiger partial charge < -0.3 is 5.43 Å².